The number of amides is 2. The van der Waals surface area contributed by atoms with E-state index in [-0.39, 0.29) is 29.3 Å². The number of aromatic nitrogens is 1. The number of nitrogens with zero attached hydrogens (tertiary/aromatic N) is 2. The van der Waals surface area contributed by atoms with Crippen molar-refractivity contribution in [1.82, 2.24) is 20.1 Å². The first-order chi connectivity index (χ1) is 14.8. The second-order valence-corrected chi connectivity index (χ2v) is 10.3. The van der Waals surface area contributed by atoms with Gasteiger partial charge in [-0.3, -0.25) is 9.59 Å². The van der Waals surface area contributed by atoms with Crippen molar-refractivity contribution in [3.05, 3.63) is 22.5 Å². The average molecular weight is 449 g/mol. The summed E-state index contributed by atoms with van der Waals surface area (Å²) in [4.78, 5) is 45.1. The molecule has 180 valence electrons. The van der Waals surface area contributed by atoms with Crippen molar-refractivity contribution in [2.75, 3.05) is 40.3 Å². The molecule has 2 rings (SSSR count). The summed E-state index contributed by atoms with van der Waals surface area (Å²) in [6.07, 6.45) is 1.04. The average Bonchev–Trinajstić information content (AvgIpc) is 2.98. The topological polar surface area (TPSA) is 94.7 Å². The predicted molar refractivity (Wildman–Crippen MR) is 125 cm³/mol. The summed E-state index contributed by atoms with van der Waals surface area (Å²) in [6.45, 7) is 14.0. The highest BCUT2D eigenvalue weighted by atomic mass is 16.5. The second kappa shape index (κ2) is 10.5. The highest BCUT2D eigenvalue weighted by Gasteiger charge is 2.31. The van der Waals surface area contributed by atoms with Gasteiger partial charge in [-0.1, -0.05) is 13.8 Å². The van der Waals surface area contributed by atoms with E-state index in [1.54, 1.807) is 32.6 Å². The maximum atomic E-state index is 13.1. The lowest BCUT2D eigenvalue weighted by molar-refractivity contribution is -0.126. The Morgan fingerprint density at radius 3 is 2.31 bits per heavy atom. The number of piperidine rings is 1. The van der Waals surface area contributed by atoms with Crippen LogP contribution >= 0.6 is 0 Å². The number of likely N-dealkylation sites (tertiary alicyclic amines) is 1. The van der Waals surface area contributed by atoms with Crippen molar-refractivity contribution < 1.29 is 19.1 Å². The lowest BCUT2D eigenvalue weighted by Crippen LogP contribution is -2.46. The first-order valence-corrected chi connectivity index (χ1v) is 11.4. The number of aryl methyl sites for hydroxylation is 1. The molecule has 1 fully saturated rings. The van der Waals surface area contributed by atoms with E-state index < -0.39 is 5.97 Å². The van der Waals surface area contributed by atoms with Crippen LogP contribution in [0.1, 0.15) is 72.6 Å². The molecule has 0 atom stereocenters. The van der Waals surface area contributed by atoms with E-state index in [2.05, 4.69) is 29.0 Å². The standard InChI is InChI=1S/C24H40N4O4/c1-15(2)32-23(31)19-16(3)20(26-17(19)4)22(30)28-11-9-18(10-12-28)21(29)25-13-24(5,6)14-27(7)8/h15,18,26H,9-14H2,1-8H3,(H,25,29). The Hall–Kier alpha value is -2.35. The molecule has 0 aliphatic carbocycles. The molecule has 1 aliphatic heterocycles. The number of aromatic amines is 1. The van der Waals surface area contributed by atoms with Gasteiger partial charge < -0.3 is 24.8 Å². The largest absolute Gasteiger partial charge is 0.459 e. The number of H-pyrrole nitrogens is 1. The fourth-order valence-corrected chi connectivity index (χ4v) is 4.43. The van der Waals surface area contributed by atoms with Gasteiger partial charge in [0.05, 0.1) is 11.7 Å². The SMILES string of the molecule is Cc1[nH]c(C(=O)N2CCC(C(=O)NCC(C)(C)CN(C)C)CC2)c(C)c1C(=O)OC(C)C. The Labute approximate surface area is 192 Å². The first-order valence-electron chi connectivity index (χ1n) is 11.4. The summed E-state index contributed by atoms with van der Waals surface area (Å²) in [7, 11) is 4.06. The van der Waals surface area contributed by atoms with Gasteiger partial charge in [0.15, 0.2) is 0 Å². The quantitative estimate of drug-likeness (QED) is 0.597. The van der Waals surface area contributed by atoms with Gasteiger partial charge in [0.1, 0.15) is 5.69 Å². The molecule has 8 nitrogen and oxygen atoms in total. The monoisotopic (exact) mass is 448 g/mol. The van der Waals surface area contributed by atoms with Crippen LogP contribution in [0.2, 0.25) is 0 Å². The van der Waals surface area contributed by atoms with Crippen molar-refractivity contribution in [2.24, 2.45) is 11.3 Å². The summed E-state index contributed by atoms with van der Waals surface area (Å²) in [5, 5.41) is 3.10. The summed E-state index contributed by atoms with van der Waals surface area (Å²) in [5.74, 6) is -0.579. The van der Waals surface area contributed by atoms with Gasteiger partial charge in [0.2, 0.25) is 5.91 Å². The Morgan fingerprint density at radius 1 is 1.19 bits per heavy atom. The van der Waals surface area contributed by atoms with E-state index in [9.17, 15) is 14.4 Å². The number of hydrogen-bond donors (Lipinski definition) is 2. The lowest BCUT2D eigenvalue weighted by atomic mass is 9.91. The van der Waals surface area contributed by atoms with Crippen LogP contribution in [-0.2, 0) is 9.53 Å². The summed E-state index contributed by atoms with van der Waals surface area (Å²) >= 11 is 0. The number of carbonyl (C=O) groups excluding carboxylic acids is 3. The molecule has 0 spiro atoms. The van der Waals surface area contributed by atoms with E-state index in [0.717, 1.165) is 6.54 Å². The minimum absolute atomic E-state index is 0.00669. The number of ether oxygens (including phenoxy) is 1. The maximum Gasteiger partial charge on any atom is 0.340 e. The molecule has 2 heterocycles. The molecule has 1 aliphatic rings. The van der Waals surface area contributed by atoms with Gasteiger partial charge in [-0.25, -0.2) is 4.79 Å². The van der Waals surface area contributed by atoms with Gasteiger partial charge in [0.25, 0.3) is 5.91 Å². The maximum absolute atomic E-state index is 13.1. The minimum Gasteiger partial charge on any atom is -0.459 e. The molecule has 0 unspecified atom stereocenters. The molecule has 2 N–H and O–H groups in total. The molecule has 1 aromatic heterocycles. The Morgan fingerprint density at radius 2 is 1.78 bits per heavy atom. The van der Waals surface area contributed by atoms with Gasteiger partial charge in [-0.15, -0.1) is 0 Å². The number of hydrogen-bond acceptors (Lipinski definition) is 5. The molecule has 0 aromatic carbocycles. The van der Waals surface area contributed by atoms with Crippen LogP contribution in [0.3, 0.4) is 0 Å². The zero-order valence-electron chi connectivity index (χ0n) is 20.9. The van der Waals surface area contributed by atoms with Crippen molar-refractivity contribution >= 4 is 17.8 Å². The predicted octanol–water partition coefficient (Wildman–Crippen LogP) is 2.75. The molecule has 8 heteroatoms. The molecule has 2 amide bonds. The number of nitrogens with one attached hydrogen (secondary N) is 2. The third kappa shape index (κ3) is 6.58. The zero-order chi connectivity index (χ0) is 24.2. The molecular weight excluding hydrogens is 408 g/mol. The molecule has 1 aromatic rings. The van der Waals surface area contributed by atoms with Crippen LogP contribution in [0.5, 0.6) is 0 Å². The minimum atomic E-state index is -0.419. The van der Waals surface area contributed by atoms with Crippen LogP contribution < -0.4 is 5.32 Å². The third-order valence-corrected chi connectivity index (χ3v) is 5.84. The third-order valence-electron chi connectivity index (χ3n) is 5.84. The Kier molecular flexibility index (Phi) is 8.51. The highest BCUT2D eigenvalue weighted by Crippen LogP contribution is 2.24. The summed E-state index contributed by atoms with van der Waals surface area (Å²) in [6, 6.07) is 0. The molecule has 0 radical (unpaired) electrons. The van der Waals surface area contributed by atoms with Crippen LogP contribution in [-0.4, -0.2) is 78.9 Å². The van der Waals surface area contributed by atoms with Gasteiger partial charge >= 0.3 is 5.97 Å². The first kappa shape index (κ1) is 25.9. The Bertz CT molecular complexity index is 833. The van der Waals surface area contributed by atoms with Crippen LogP contribution in [0.15, 0.2) is 0 Å². The number of esters is 1. The van der Waals surface area contributed by atoms with Gasteiger partial charge in [-0.05, 0) is 65.6 Å². The Balaban J connectivity index is 1.95. The van der Waals surface area contributed by atoms with Crippen molar-refractivity contribution in [2.45, 2.75) is 60.5 Å². The van der Waals surface area contributed by atoms with Crippen LogP contribution in [0.25, 0.3) is 0 Å². The van der Waals surface area contributed by atoms with E-state index in [1.807, 2.05) is 14.1 Å². The summed E-state index contributed by atoms with van der Waals surface area (Å²) in [5.41, 5.74) is 2.09. The van der Waals surface area contributed by atoms with Crippen molar-refractivity contribution in [1.29, 1.82) is 0 Å². The van der Waals surface area contributed by atoms with E-state index >= 15 is 0 Å². The molecule has 1 saturated heterocycles. The van der Waals surface area contributed by atoms with Gasteiger partial charge in [0, 0.05) is 37.8 Å². The smallest absolute Gasteiger partial charge is 0.340 e. The van der Waals surface area contributed by atoms with Crippen LogP contribution in [0.4, 0.5) is 0 Å². The van der Waals surface area contributed by atoms with Gasteiger partial charge in [-0.2, -0.15) is 0 Å². The van der Waals surface area contributed by atoms with E-state index in [0.29, 0.717) is 55.0 Å². The van der Waals surface area contributed by atoms with Crippen LogP contribution in [0, 0.1) is 25.2 Å². The van der Waals surface area contributed by atoms with E-state index in [4.69, 9.17) is 4.74 Å². The molecule has 0 bridgehead atoms. The normalized spacial score (nSPS) is 15.4. The molecule has 32 heavy (non-hydrogen) atoms. The molecule has 0 saturated carbocycles. The number of rotatable bonds is 8. The highest BCUT2D eigenvalue weighted by molar-refractivity contribution is 6.00. The molecular formula is C24H40N4O4. The second-order valence-electron chi connectivity index (χ2n) is 10.3. The van der Waals surface area contributed by atoms with Crippen molar-refractivity contribution in [3.63, 3.8) is 0 Å². The number of carbonyl (C=O) groups is 3. The lowest BCUT2D eigenvalue weighted by Gasteiger charge is -2.33. The van der Waals surface area contributed by atoms with E-state index in [1.165, 1.54) is 0 Å². The fourth-order valence-electron chi connectivity index (χ4n) is 4.43. The zero-order valence-corrected chi connectivity index (χ0v) is 20.9. The van der Waals surface area contributed by atoms with Crippen molar-refractivity contribution in [3.8, 4) is 0 Å². The fraction of sp³-hybridized carbons (Fsp3) is 0.708. The summed E-state index contributed by atoms with van der Waals surface area (Å²) < 4.78 is 5.31.